The highest BCUT2D eigenvalue weighted by atomic mass is 35.5. The summed E-state index contributed by atoms with van der Waals surface area (Å²) >= 11 is 0. The lowest BCUT2D eigenvalue weighted by Crippen LogP contribution is -2.54. The summed E-state index contributed by atoms with van der Waals surface area (Å²) in [5, 5.41) is 6.42. The van der Waals surface area contributed by atoms with Crippen molar-refractivity contribution < 1.29 is 9.53 Å². The molecule has 2 N–H and O–H groups in total. The van der Waals surface area contributed by atoms with Gasteiger partial charge < -0.3 is 15.4 Å². The van der Waals surface area contributed by atoms with Crippen LogP contribution in [0.5, 0.6) is 0 Å². The van der Waals surface area contributed by atoms with Crippen LogP contribution in [0.25, 0.3) is 0 Å². The van der Waals surface area contributed by atoms with E-state index in [9.17, 15) is 4.79 Å². The van der Waals surface area contributed by atoms with Crippen molar-refractivity contribution in [2.24, 2.45) is 11.3 Å². The van der Waals surface area contributed by atoms with Crippen LogP contribution in [0.3, 0.4) is 0 Å². The summed E-state index contributed by atoms with van der Waals surface area (Å²) in [4.78, 5) is 14.7. The molecule has 3 fully saturated rings. The van der Waals surface area contributed by atoms with Crippen LogP contribution in [-0.2, 0) is 9.53 Å². The molecule has 0 aromatic rings. The molecule has 0 aromatic heterocycles. The zero-order chi connectivity index (χ0) is 14.5. The first-order chi connectivity index (χ1) is 10.3. The Morgan fingerprint density at radius 3 is 2.45 bits per heavy atom. The summed E-state index contributed by atoms with van der Waals surface area (Å²) in [6.07, 6.45) is 6.49. The molecular weight excluding hydrogens is 302 g/mol. The number of amides is 1. The first kappa shape index (κ1) is 18.0. The molecule has 0 aromatic carbocycles. The number of rotatable bonds is 5. The monoisotopic (exact) mass is 331 g/mol. The molecule has 6 heteroatoms. The molecule has 1 aliphatic carbocycles. The first-order valence-corrected chi connectivity index (χ1v) is 8.56. The molecule has 0 unspecified atom stereocenters. The molecule has 2 saturated heterocycles. The van der Waals surface area contributed by atoms with Crippen molar-refractivity contribution in [3.8, 4) is 0 Å². The number of ether oxygens (including phenoxy) is 1. The molecule has 5 nitrogen and oxygen atoms in total. The summed E-state index contributed by atoms with van der Waals surface area (Å²) in [6, 6.07) is 0. The van der Waals surface area contributed by atoms with E-state index in [2.05, 4.69) is 15.5 Å². The second-order valence-corrected chi connectivity index (χ2v) is 7.02. The normalized spacial score (nSPS) is 25.8. The van der Waals surface area contributed by atoms with Crippen LogP contribution in [0.2, 0.25) is 0 Å². The third-order valence-electron chi connectivity index (χ3n) is 5.37. The van der Waals surface area contributed by atoms with E-state index < -0.39 is 0 Å². The summed E-state index contributed by atoms with van der Waals surface area (Å²) in [5.74, 6) is 0.453. The van der Waals surface area contributed by atoms with E-state index in [1.165, 1.54) is 32.1 Å². The maximum absolute atomic E-state index is 12.1. The van der Waals surface area contributed by atoms with Gasteiger partial charge in [0.25, 0.3) is 0 Å². The molecule has 3 aliphatic rings. The van der Waals surface area contributed by atoms with Gasteiger partial charge in [0.1, 0.15) is 0 Å². The Morgan fingerprint density at radius 1 is 1.18 bits per heavy atom. The van der Waals surface area contributed by atoms with E-state index in [0.717, 1.165) is 52.5 Å². The maximum Gasteiger partial charge on any atom is 0.225 e. The van der Waals surface area contributed by atoms with Crippen LogP contribution < -0.4 is 10.6 Å². The Kier molecular flexibility index (Phi) is 6.93. The van der Waals surface area contributed by atoms with E-state index in [-0.39, 0.29) is 24.2 Å². The molecule has 2 heterocycles. The Morgan fingerprint density at radius 2 is 1.86 bits per heavy atom. The van der Waals surface area contributed by atoms with Crippen molar-refractivity contribution in [3.63, 3.8) is 0 Å². The SMILES string of the molecule is Cl.O=C(NCC1(CN2CCOCC2)CCCCC1)C1CNC1. The number of nitrogens with zero attached hydrogens (tertiary/aromatic N) is 1. The van der Waals surface area contributed by atoms with Gasteiger partial charge in [0.15, 0.2) is 0 Å². The molecule has 0 radical (unpaired) electrons. The first-order valence-electron chi connectivity index (χ1n) is 8.56. The van der Waals surface area contributed by atoms with Gasteiger partial charge in [-0.3, -0.25) is 9.69 Å². The largest absolute Gasteiger partial charge is 0.379 e. The van der Waals surface area contributed by atoms with Crippen LogP contribution in [0.4, 0.5) is 0 Å². The second kappa shape index (κ2) is 8.48. The molecule has 0 bridgehead atoms. The number of carbonyl (C=O) groups excluding carboxylic acids is 1. The van der Waals surface area contributed by atoms with Crippen LogP contribution >= 0.6 is 12.4 Å². The van der Waals surface area contributed by atoms with Gasteiger partial charge in [-0.25, -0.2) is 0 Å². The number of morpholine rings is 1. The number of nitrogens with one attached hydrogen (secondary N) is 2. The van der Waals surface area contributed by atoms with Crippen molar-refractivity contribution >= 4 is 18.3 Å². The Bertz CT molecular complexity index is 351. The zero-order valence-electron chi connectivity index (χ0n) is 13.4. The third kappa shape index (κ3) is 4.57. The topological polar surface area (TPSA) is 53.6 Å². The van der Waals surface area contributed by atoms with E-state index in [1.54, 1.807) is 0 Å². The molecule has 0 spiro atoms. The van der Waals surface area contributed by atoms with Crippen molar-refractivity contribution in [1.29, 1.82) is 0 Å². The highest BCUT2D eigenvalue weighted by molar-refractivity contribution is 5.85. The molecule has 0 atom stereocenters. The minimum absolute atomic E-state index is 0. The highest BCUT2D eigenvalue weighted by Gasteiger charge is 2.35. The fraction of sp³-hybridized carbons (Fsp3) is 0.938. The molecule has 128 valence electrons. The van der Waals surface area contributed by atoms with Gasteiger partial charge in [0.05, 0.1) is 19.1 Å². The van der Waals surface area contributed by atoms with Gasteiger partial charge in [0.2, 0.25) is 5.91 Å². The van der Waals surface area contributed by atoms with Gasteiger partial charge in [-0.15, -0.1) is 12.4 Å². The number of hydrogen-bond donors (Lipinski definition) is 2. The Labute approximate surface area is 139 Å². The number of halogens is 1. The Hall–Kier alpha value is -0.360. The molecule has 2 aliphatic heterocycles. The van der Waals surface area contributed by atoms with Crippen LogP contribution in [0.15, 0.2) is 0 Å². The average Bonchev–Trinajstić information content (AvgIpc) is 2.46. The minimum atomic E-state index is 0. The summed E-state index contributed by atoms with van der Waals surface area (Å²) in [6.45, 7) is 7.49. The lowest BCUT2D eigenvalue weighted by Gasteiger charge is -2.42. The van der Waals surface area contributed by atoms with Gasteiger partial charge >= 0.3 is 0 Å². The van der Waals surface area contributed by atoms with Gasteiger partial charge in [-0.2, -0.15) is 0 Å². The summed E-state index contributed by atoms with van der Waals surface area (Å²) in [5.41, 5.74) is 0.294. The molecule has 22 heavy (non-hydrogen) atoms. The molecular formula is C16H30ClN3O2. The van der Waals surface area contributed by atoms with Crippen LogP contribution in [0.1, 0.15) is 32.1 Å². The summed E-state index contributed by atoms with van der Waals surface area (Å²) in [7, 11) is 0. The lowest BCUT2D eigenvalue weighted by atomic mass is 9.73. The molecule has 3 rings (SSSR count). The fourth-order valence-electron chi connectivity index (χ4n) is 3.82. The van der Waals surface area contributed by atoms with E-state index in [4.69, 9.17) is 4.74 Å². The minimum Gasteiger partial charge on any atom is -0.379 e. The van der Waals surface area contributed by atoms with E-state index in [1.807, 2.05) is 0 Å². The van der Waals surface area contributed by atoms with Gasteiger partial charge in [-0.1, -0.05) is 19.3 Å². The van der Waals surface area contributed by atoms with Crippen molar-refractivity contribution in [2.45, 2.75) is 32.1 Å². The van der Waals surface area contributed by atoms with Crippen LogP contribution in [0, 0.1) is 11.3 Å². The highest BCUT2D eigenvalue weighted by Crippen LogP contribution is 2.36. The number of hydrogen-bond acceptors (Lipinski definition) is 4. The van der Waals surface area contributed by atoms with E-state index >= 15 is 0 Å². The summed E-state index contributed by atoms with van der Waals surface area (Å²) < 4.78 is 5.46. The number of carbonyl (C=O) groups is 1. The van der Waals surface area contributed by atoms with Gasteiger partial charge in [0, 0.05) is 44.7 Å². The predicted octanol–water partition coefficient (Wildman–Crippen LogP) is 1.03. The zero-order valence-corrected chi connectivity index (χ0v) is 14.3. The Balaban J connectivity index is 0.00000176. The quantitative estimate of drug-likeness (QED) is 0.790. The fourth-order valence-corrected chi connectivity index (χ4v) is 3.82. The van der Waals surface area contributed by atoms with Crippen molar-refractivity contribution in [2.75, 3.05) is 52.5 Å². The van der Waals surface area contributed by atoms with E-state index in [0.29, 0.717) is 5.41 Å². The third-order valence-corrected chi connectivity index (χ3v) is 5.37. The molecule has 1 amide bonds. The second-order valence-electron chi connectivity index (χ2n) is 7.02. The predicted molar refractivity (Wildman–Crippen MR) is 89.4 cm³/mol. The molecule has 1 saturated carbocycles. The van der Waals surface area contributed by atoms with Crippen molar-refractivity contribution in [3.05, 3.63) is 0 Å². The standard InChI is InChI=1S/C16H29N3O2.ClH/c20-15(14-10-17-11-14)18-12-16(4-2-1-3-5-16)13-19-6-8-21-9-7-19;/h14,17H,1-13H2,(H,18,20);1H. The lowest BCUT2D eigenvalue weighted by molar-refractivity contribution is -0.127. The van der Waals surface area contributed by atoms with Gasteiger partial charge in [-0.05, 0) is 12.8 Å². The maximum atomic E-state index is 12.1. The smallest absolute Gasteiger partial charge is 0.225 e. The van der Waals surface area contributed by atoms with Crippen LogP contribution in [-0.4, -0.2) is 63.3 Å². The average molecular weight is 332 g/mol. The van der Waals surface area contributed by atoms with Crippen molar-refractivity contribution in [1.82, 2.24) is 15.5 Å².